The van der Waals surface area contributed by atoms with Crippen LogP contribution in [-0.4, -0.2) is 49.1 Å². The van der Waals surface area contributed by atoms with Crippen LogP contribution in [0.15, 0.2) is 73.4 Å². The molecule has 0 bridgehead atoms. The van der Waals surface area contributed by atoms with E-state index in [0.717, 1.165) is 56.5 Å². The summed E-state index contributed by atoms with van der Waals surface area (Å²) < 4.78 is 14.5. The maximum Gasteiger partial charge on any atom is 0.155 e. The maximum atomic E-state index is 14.5. The van der Waals surface area contributed by atoms with Gasteiger partial charge in [-0.25, -0.2) is 9.37 Å². The van der Waals surface area contributed by atoms with Gasteiger partial charge >= 0.3 is 0 Å². The normalized spacial score (nSPS) is 11.7. The number of nitrogens with one attached hydrogen (secondary N) is 2. The summed E-state index contributed by atoms with van der Waals surface area (Å²) in [6, 6.07) is 12.9. The maximum absolute atomic E-state index is 14.5. The Morgan fingerprint density at radius 3 is 2.54 bits per heavy atom. The van der Waals surface area contributed by atoms with Crippen LogP contribution in [0.3, 0.4) is 0 Å². The van der Waals surface area contributed by atoms with Crippen LogP contribution < -0.4 is 0 Å². The van der Waals surface area contributed by atoms with E-state index >= 15 is 0 Å². The molecule has 5 heterocycles. The summed E-state index contributed by atoms with van der Waals surface area (Å²) in [5.41, 5.74) is 7.35. The van der Waals surface area contributed by atoms with Gasteiger partial charge in [-0.2, -0.15) is 5.10 Å². The average Bonchev–Trinajstić information content (AvgIpc) is 3.47. The zero-order valence-corrected chi connectivity index (χ0v) is 19.2. The van der Waals surface area contributed by atoms with Crippen LogP contribution in [0.1, 0.15) is 5.56 Å². The number of H-pyrrole nitrogens is 2. The van der Waals surface area contributed by atoms with Crippen molar-refractivity contribution in [2.45, 2.75) is 6.54 Å². The van der Waals surface area contributed by atoms with Crippen LogP contribution in [0.5, 0.6) is 0 Å². The van der Waals surface area contributed by atoms with E-state index in [2.05, 4.69) is 47.2 Å². The molecule has 5 aromatic heterocycles. The van der Waals surface area contributed by atoms with Gasteiger partial charge in [-0.15, -0.1) is 0 Å². The molecule has 0 unspecified atom stereocenters. The van der Waals surface area contributed by atoms with Crippen molar-refractivity contribution in [1.29, 1.82) is 0 Å². The molecule has 0 fully saturated rings. The lowest BCUT2D eigenvalue weighted by molar-refractivity contribution is 0.402. The molecule has 0 aliphatic rings. The summed E-state index contributed by atoms with van der Waals surface area (Å²) in [5.74, 6) is -0.284. The highest BCUT2D eigenvalue weighted by molar-refractivity contribution is 6.00. The van der Waals surface area contributed by atoms with Crippen molar-refractivity contribution >= 4 is 21.9 Å². The second kappa shape index (κ2) is 8.41. The molecular weight excluding hydrogens is 441 g/mol. The zero-order valence-electron chi connectivity index (χ0n) is 19.2. The third kappa shape index (κ3) is 3.83. The highest BCUT2D eigenvalue weighted by Gasteiger charge is 2.16. The van der Waals surface area contributed by atoms with Crippen LogP contribution in [0, 0.1) is 5.82 Å². The number of pyridine rings is 3. The van der Waals surface area contributed by atoms with E-state index in [1.165, 1.54) is 6.07 Å². The molecule has 8 heteroatoms. The van der Waals surface area contributed by atoms with E-state index in [-0.39, 0.29) is 5.82 Å². The first kappa shape index (κ1) is 21.1. The summed E-state index contributed by atoms with van der Waals surface area (Å²) >= 11 is 0. The van der Waals surface area contributed by atoms with E-state index in [1.54, 1.807) is 24.5 Å². The fourth-order valence-electron chi connectivity index (χ4n) is 4.44. The van der Waals surface area contributed by atoms with Crippen molar-refractivity contribution in [3.8, 4) is 33.6 Å². The van der Waals surface area contributed by atoms with Crippen molar-refractivity contribution in [1.82, 2.24) is 35.0 Å². The Labute approximate surface area is 200 Å². The first-order valence-electron chi connectivity index (χ1n) is 11.2. The van der Waals surface area contributed by atoms with Crippen LogP contribution in [0.25, 0.3) is 55.6 Å². The molecule has 7 nitrogen and oxygen atoms in total. The molecule has 6 aromatic rings. The van der Waals surface area contributed by atoms with Crippen molar-refractivity contribution < 1.29 is 4.39 Å². The van der Waals surface area contributed by atoms with E-state index in [9.17, 15) is 4.39 Å². The first-order chi connectivity index (χ1) is 17.1. The van der Waals surface area contributed by atoms with Crippen LogP contribution in [0.4, 0.5) is 4.39 Å². The molecule has 1 aromatic carbocycles. The Morgan fingerprint density at radius 2 is 1.69 bits per heavy atom. The molecule has 0 atom stereocenters. The Morgan fingerprint density at radius 1 is 0.857 bits per heavy atom. The highest BCUT2D eigenvalue weighted by atomic mass is 19.1. The largest absolute Gasteiger partial charge is 0.352 e. The monoisotopic (exact) mass is 463 g/mol. The SMILES string of the molecule is CN(C)Cc1cncc(-c2cnc3[nH]nc(-c4cc5c(-c6ccccc6F)cncc5[nH]4)c3c2)c1. The van der Waals surface area contributed by atoms with E-state index < -0.39 is 0 Å². The number of fused-ring (bicyclic) bond motifs is 2. The van der Waals surface area contributed by atoms with Crippen LogP contribution in [0.2, 0.25) is 0 Å². The Bertz CT molecular complexity index is 1680. The lowest BCUT2D eigenvalue weighted by Crippen LogP contribution is -2.10. The number of halogens is 1. The molecular formula is C27H22FN7. The molecule has 0 aliphatic carbocycles. The number of hydrogen-bond donors (Lipinski definition) is 2. The zero-order chi connectivity index (χ0) is 23.9. The fraction of sp³-hybridized carbons (Fsp3) is 0.111. The molecule has 2 N–H and O–H groups in total. The van der Waals surface area contributed by atoms with Gasteiger partial charge in [0.25, 0.3) is 0 Å². The third-order valence-corrected chi connectivity index (χ3v) is 6.01. The van der Waals surface area contributed by atoms with Crippen molar-refractivity contribution in [2.75, 3.05) is 14.1 Å². The lowest BCUT2D eigenvalue weighted by Gasteiger charge is -2.10. The third-order valence-electron chi connectivity index (χ3n) is 6.01. The van der Waals surface area contributed by atoms with Crippen LogP contribution >= 0.6 is 0 Å². The fourth-order valence-corrected chi connectivity index (χ4v) is 4.44. The predicted octanol–water partition coefficient (Wildman–Crippen LogP) is 5.43. The Hall–Kier alpha value is -4.43. The molecule has 35 heavy (non-hydrogen) atoms. The molecule has 0 amide bonds. The molecule has 0 aliphatic heterocycles. The minimum absolute atomic E-state index is 0.284. The van der Waals surface area contributed by atoms with Gasteiger partial charge in [0.1, 0.15) is 11.5 Å². The topological polar surface area (TPSA) is 86.4 Å². The summed E-state index contributed by atoms with van der Waals surface area (Å²) in [7, 11) is 4.07. The summed E-state index contributed by atoms with van der Waals surface area (Å²) in [4.78, 5) is 18.8. The second-order valence-electron chi connectivity index (χ2n) is 8.82. The number of aromatic nitrogens is 6. The summed E-state index contributed by atoms with van der Waals surface area (Å²) in [5, 5.41) is 9.32. The van der Waals surface area contributed by atoms with Crippen LogP contribution in [-0.2, 0) is 6.54 Å². The molecule has 0 spiro atoms. The number of hydrogen-bond acceptors (Lipinski definition) is 5. The first-order valence-corrected chi connectivity index (χ1v) is 11.2. The van der Waals surface area contributed by atoms with Gasteiger partial charge in [0.15, 0.2) is 5.65 Å². The van der Waals surface area contributed by atoms with E-state index in [1.807, 2.05) is 44.8 Å². The van der Waals surface area contributed by atoms with E-state index in [0.29, 0.717) is 11.2 Å². The number of benzene rings is 1. The van der Waals surface area contributed by atoms with Gasteiger partial charge in [-0.3, -0.25) is 15.1 Å². The highest BCUT2D eigenvalue weighted by Crippen LogP contribution is 2.35. The summed E-state index contributed by atoms with van der Waals surface area (Å²) in [6.07, 6.45) is 8.98. The molecule has 0 radical (unpaired) electrons. The summed E-state index contributed by atoms with van der Waals surface area (Å²) in [6.45, 7) is 0.806. The van der Waals surface area contributed by atoms with Gasteiger partial charge in [-0.05, 0) is 43.9 Å². The second-order valence-corrected chi connectivity index (χ2v) is 8.82. The standard InChI is InChI=1S/C27H22FN7/c1-35(2)15-16-7-17(11-29-10-16)18-8-21-26(33-34-27(21)31-12-18)24-9-20-22(13-30-14-25(20)32-24)19-5-3-4-6-23(19)28/h3-14,32H,15H2,1-2H3,(H,31,33,34). The van der Waals surface area contributed by atoms with Gasteiger partial charge < -0.3 is 9.88 Å². The van der Waals surface area contributed by atoms with Crippen molar-refractivity contribution in [2.24, 2.45) is 0 Å². The lowest BCUT2D eigenvalue weighted by atomic mass is 10.0. The van der Waals surface area contributed by atoms with E-state index in [4.69, 9.17) is 0 Å². The average molecular weight is 464 g/mol. The Balaban J connectivity index is 1.46. The van der Waals surface area contributed by atoms with Gasteiger partial charge in [0.05, 0.1) is 17.4 Å². The molecule has 172 valence electrons. The number of nitrogens with zero attached hydrogens (tertiary/aromatic N) is 5. The van der Waals surface area contributed by atoms with Crippen molar-refractivity contribution in [3.63, 3.8) is 0 Å². The van der Waals surface area contributed by atoms with Gasteiger partial charge in [0.2, 0.25) is 0 Å². The smallest absolute Gasteiger partial charge is 0.155 e. The van der Waals surface area contributed by atoms with Gasteiger partial charge in [-0.1, -0.05) is 18.2 Å². The predicted molar refractivity (Wildman–Crippen MR) is 135 cm³/mol. The number of rotatable bonds is 5. The quantitative estimate of drug-likeness (QED) is 0.356. The minimum Gasteiger partial charge on any atom is -0.352 e. The Kier molecular flexibility index (Phi) is 5.08. The van der Waals surface area contributed by atoms with Crippen molar-refractivity contribution in [3.05, 3.63) is 84.8 Å². The number of aromatic amines is 2. The molecule has 0 saturated carbocycles. The molecule has 0 saturated heterocycles. The minimum atomic E-state index is -0.284. The van der Waals surface area contributed by atoms with Gasteiger partial charge in [0, 0.05) is 64.4 Å². The molecule has 6 rings (SSSR count).